The molecule has 2 aliphatic heterocycles. The highest BCUT2D eigenvalue weighted by atomic mass is 19.1. The first-order valence-corrected chi connectivity index (χ1v) is 9.43. The van der Waals surface area contributed by atoms with E-state index in [4.69, 9.17) is 0 Å². The van der Waals surface area contributed by atoms with Crippen molar-refractivity contribution in [2.24, 2.45) is 11.8 Å². The van der Waals surface area contributed by atoms with Gasteiger partial charge in [0.15, 0.2) is 0 Å². The summed E-state index contributed by atoms with van der Waals surface area (Å²) < 4.78 is 13.5. The van der Waals surface area contributed by atoms with Crippen molar-refractivity contribution in [1.82, 2.24) is 4.90 Å². The summed E-state index contributed by atoms with van der Waals surface area (Å²) in [6.07, 6.45) is 4.84. The van der Waals surface area contributed by atoms with Crippen LogP contribution in [0.4, 0.5) is 10.1 Å². The molecule has 3 atom stereocenters. The molecule has 3 amide bonds. The van der Waals surface area contributed by atoms with Crippen LogP contribution in [-0.4, -0.2) is 35.2 Å². The fourth-order valence-corrected chi connectivity index (χ4v) is 4.70. The summed E-state index contributed by atoms with van der Waals surface area (Å²) in [5.74, 6) is -1.48. The lowest BCUT2D eigenvalue weighted by molar-refractivity contribution is -0.143. The van der Waals surface area contributed by atoms with Crippen LogP contribution in [0.15, 0.2) is 18.2 Å². The number of carbonyl (C=O) groups is 3. The molecule has 6 heteroatoms. The second-order valence-corrected chi connectivity index (χ2v) is 7.68. The second-order valence-electron chi connectivity index (χ2n) is 7.68. The first-order valence-electron chi connectivity index (χ1n) is 9.43. The summed E-state index contributed by atoms with van der Waals surface area (Å²) in [5, 5.41) is 0. The van der Waals surface area contributed by atoms with Crippen LogP contribution in [0.2, 0.25) is 0 Å². The SMILES string of the molecule is C[C@H]1CCc2cc(F)ccc2N1C(=O)CN1C(=O)[C@H]2CCCC[C@@H]2C1=O. The molecule has 0 aromatic heterocycles. The van der Waals surface area contributed by atoms with Crippen molar-refractivity contribution < 1.29 is 18.8 Å². The minimum absolute atomic E-state index is 0.0458. The zero-order valence-electron chi connectivity index (χ0n) is 14.9. The molecule has 0 bridgehead atoms. The number of hydrogen-bond acceptors (Lipinski definition) is 3. The van der Waals surface area contributed by atoms with Crippen LogP contribution in [0.5, 0.6) is 0 Å². The predicted octanol–water partition coefficient (Wildman–Crippen LogP) is 2.67. The molecule has 26 heavy (non-hydrogen) atoms. The van der Waals surface area contributed by atoms with Crippen LogP contribution in [0.3, 0.4) is 0 Å². The van der Waals surface area contributed by atoms with Gasteiger partial charge in [-0.2, -0.15) is 0 Å². The fourth-order valence-electron chi connectivity index (χ4n) is 4.70. The Bertz CT molecular complexity index is 754. The highest BCUT2D eigenvalue weighted by Gasteiger charge is 2.49. The Balaban J connectivity index is 1.57. The van der Waals surface area contributed by atoms with E-state index >= 15 is 0 Å². The number of halogens is 1. The van der Waals surface area contributed by atoms with Gasteiger partial charge in [-0.15, -0.1) is 0 Å². The molecule has 1 saturated carbocycles. The third-order valence-electron chi connectivity index (χ3n) is 6.07. The van der Waals surface area contributed by atoms with Crippen molar-refractivity contribution in [2.45, 2.75) is 51.5 Å². The van der Waals surface area contributed by atoms with Crippen molar-refractivity contribution in [1.29, 1.82) is 0 Å². The number of anilines is 1. The number of rotatable bonds is 2. The predicted molar refractivity (Wildman–Crippen MR) is 93.8 cm³/mol. The van der Waals surface area contributed by atoms with Gasteiger partial charge in [0, 0.05) is 11.7 Å². The van der Waals surface area contributed by atoms with E-state index in [-0.39, 0.29) is 48.0 Å². The molecule has 1 saturated heterocycles. The van der Waals surface area contributed by atoms with Gasteiger partial charge >= 0.3 is 0 Å². The van der Waals surface area contributed by atoms with E-state index in [9.17, 15) is 18.8 Å². The van der Waals surface area contributed by atoms with Crippen LogP contribution < -0.4 is 4.90 Å². The van der Waals surface area contributed by atoms with Gasteiger partial charge in [0.2, 0.25) is 17.7 Å². The normalized spacial score (nSPS) is 28.2. The van der Waals surface area contributed by atoms with E-state index in [0.29, 0.717) is 12.1 Å². The van der Waals surface area contributed by atoms with Gasteiger partial charge in [0.05, 0.1) is 11.8 Å². The Hall–Kier alpha value is -2.24. The highest BCUT2D eigenvalue weighted by molar-refractivity contribution is 6.09. The quantitative estimate of drug-likeness (QED) is 0.764. The van der Waals surface area contributed by atoms with E-state index in [0.717, 1.165) is 42.6 Å². The number of fused-ring (bicyclic) bond motifs is 2. The summed E-state index contributed by atoms with van der Waals surface area (Å²) in [5.41, 5.74) is 1.48. The molecule has 0 radical (unpaired) electrons. The first-order chi connectivity index (χ1) is 12.5. The zero-order chi connectivity index (χ0) is 18.4. The number of amides is 3. The van der Waals surface area contributed by atoms with E-state index in [1.165, 1.54) is 12.1 Å². The van der Waals surface area contributed by atoms with Crippen molar-refractivity contribution in [3.63, 3.8) is 0 Å². The molecule has 4 rings (SSSR count). The van der Waals surface area contributed by atoms with Gasteiger partial charge in [-0.05, 0) is 56.4 Å². The monoisotopic (exact) mass is 358 g/mol. The molecule has 138 valence electrons. The zero-order valence-corrected chi connectivity index (χ0v) is 14.9. The van der Waals surface area contributed by atoms with Gasteiger partial charge in [-0.1, -0.05) is 12.8 Å². The standard InChI is InChI=1S/C20H23FN2O3/c1-12-6-7-13-10-14(21)8-9-17(13)23(12)18(24)11-22-19(25)15-4-2-3-5-16(15)20(22)26/h8-10,12,15-16H,2-7,11H2,1H3/t12-,15-,16-/m0/s1. The molecule has 1 aromatic rings. The third kappa shape index (κ3) is 2.72. The number of nitrogens with zero attached hydrogens (tertiary/aromatic N) is 2. The fraction of sp³-hybridized carbons (Fsp3) is 0.550. The molecule has 1 aliphatic carbocycles. The molecule has 0 spiro atoms. The Morgan fingerprint density at radius 1 is 1.12 bits per heavy atom. The molecule has 1 aromatic carbocycles. The van der Waals surface area contributed by atoms with Crippen LogP contribution in [-0.2, 0) is 20.8 Å². The second kappa shape index (κ2) is 6.49. The topological polar surface area (TPSA) is 57.7 Å². The van der Waals surface area contributed by atoms with Crippen LogP contribution in [0.1, 0.15) is 44.6 Å². The summed E-state index contributed by atoms with van der Waals surface area (Å²) in [4.78, 5) is 41.0. The number of carbonyl (C=O) groups excluding carboxylic acids is 3. The van der Waals surface area contributed by atoms with Gasteiger partial charge in [0.25, 0.3) is 0 Å². The molecule has 0 unspecified atom stereocenters. The van der Waals surface area contributed by atoms with Crippen molar-refractivity contribution in [3.8, 4) is 0 Å². The van der Waals surface area contributed by atoms with E-state index < -0.39 is 0 Å². The molecule has 2 fully saturated rings. The number of likely N-dealkylation sites (tertiary alicyclic amines) is 1. The number of hydrogen-bond donors (Lipinski definition) is 0. The molecule has 5 nitrogen and oxygen atoms in total. The van der Waals surface area contributed by atoms with Gasteiger partial charge in [0.1, 0.15) is 12.4 Å². The van der Waals surface area contributed by atoms with Crippen LogP contribution >= 0.6 is 0 Å². The van der Waals surface area contributed by atoms with E-state index in [2.05, 4.69) is 0 Å². The summed E-state index contributed by atoms with van der Waals surface area (Å²) in [6, 6.07) is 4.38. The lowest BCUT2D eigenvalue weighted by Crippen LogP contribution is -2.48. The Morgan fingerprint density at radius 2 is 1.77 bits per heavy atom. The maximum absolute atomic E-state index is 13.5. The summed E-state index contributed by atoms with van der Waals surface area (Å²) >= 11 is 0. The smallest absolute Gasteiger partial charge is 0.247 e. The largest absolute Gasteiger partial charge is 0.308 e. The maximum atomic E-state index is 13.5. The highest BCUT2D eigenvalue weighted by Crippen LogP contribution is 2.38. The minimum atomic E-state index is -0.320. The van der Waals surface area contributed by atoms with Crippen LogP contribution in [0.25, 0.3) is 0 Å². The third-order valence-corrected chi connectivity index (χ3v) is 6.07. The van der Waals surface area contributed by atoms with Crippen molar-refractivity contribution in [3.05, 3.63) is 29.6 Å². The van der Waals surface area contributed by atoms with E-state index in [1.807, 2.05) is 6.92 Å². The average Bonchev–Trinajstić information content (AvgIpc) is 2.87. The van der Waals surface area contributed by atoms with Crippen LogP contribution in [0, 0.1) is 17.7 Å². The lowest BCUT2D eigenvalue weighted by Gasteiger charge is -2.36. The molecule has 2 heterocycles. The van der Waals surface area contributed by atoms with Gasteiger partial charge in [-0.25, -0.2) is 4.39 Å². The molecule has 0 N–H and O–H groups in total. The molecule has 3 aliphatic rings. The molecular weight excluding hydrogens is 335 g/mol. The number of benzene rings is 1. The van der Waals surface area contributed by atoms with Crippen molar-refractivity contribution >= 4 is 23.4 Å². The van der Waals surface area contributed by atoms with Crippen molar-refractivity contribution in [2.75, 3.05) is 11.4 Å². The summed E-state index contributed by atoms with van der Waals surface area (Å²) in [7, 11) is 0. The number of imide groups is 1. The Labute approximate surface area is 152 Å². The maximum Gasteiger partial charge on any atom is 0.247 e. The Kier molecular flexibility index (Phi) is 4.29. The summed E-state index contributed by atoms with van der Waals surface area (Å²) in [6.45, 7) is 1.73. The average molecular weight is 358 g/mol. The van der Waals surface area contributed by atoms with E-state index in [1.54, 1.807) is 11.0 Å². The van der Waals surface area contributed by atoms with Gasteiger partial charge < -0.3 is 4.90 Å². The lowest BCUT2D eigenvalue weighted by atomic mass is 9.81. The molecular formula is C20H23FN2O3. The number of aryl methyl sites for hydroxylation is 1. The Morgan fingerprint density at radius 3 is 2.42 bits per heavy atom. The first kappa shape index (κ1) is 17.2. The minimum Gasteiger partial charge on any atom is -0.308 e. The van der Waals surface area contributed by atoms with Gasteiger partial charge in [-0.3, -0.25) is 19.3 Å².